The number of carbonyl (C=O) groups is 1. The van der Waals surface area contributed by atoms with Crippen LogP contribution in [0.3, 0.4) is 0 Å². The Morgan fingerprint density at radius 1 is 1.12 bits per heavy atom. The van der Waals surface area contributed by atoms with Gasteiger partial charge in [0.05, 0.1) is 25.4 Å². The average molecular weight is 328 g/mol. The molecule has 0 spiro atoms. The van der Waals surface area contributed by atoms with Gasteiger partial charge in [-0.05, 0) is 31.0 Å². The predicted molar refractivity (Wildman–Crippen MR) is 95.1 cm³/mol. The molecule has 0 saturated carbocycles. The third-order valence-corrected chi connectivity index (χ3v) is 3.71. The maximum absolute atomic E-state index is 12.0. The number of aliphatic hydroxyl groups excluding tert-OH is 1. The number of para-hydroxylation sites is 2. The normalized spacial score (nSPS) is 13.0. The minimum absolute atomic E-state index is 0.131. The predicted octanol–water partition coefficient (Wildman–Crippen LogP) is 2.74. The van der Waals surface area contributed by atoms with E-state index in [1.165, 1.54) is 0 Å². The van der Waals surface area contributed by atoms with Crippen LogP contribution in [0.4, 0.5) is 5.69 Å². The number of anilines is 1. The molecule has 0 aliphatic carbocycles. The summed E-state index contributed by atoms with van der Waals surface area (Å²) in [5.74, 6) is 0.562. The molecule has 5 heteroatoms. The number of hydrogen-bond acceptors (Lipinski definition) is 4. The largest absolute Gasteiger partial charge is 0.495 e. The number of hydrogen-bond donors (Lipinski definition) is 3. The lowest BCUT2D eigenvalue weighted by molar-refractivity contribution is -0.120. The highest BCUT2D eigenvalue weighted by atomic mass is 16.5. The second kappa shape index (κ2) is 8.93. The van der Waals surface area contributed by atoms with Gasteiger partial charge in [-0.15, -0.1) is 0 Å². The standard InChI is InChI=1S/C19H24N2O3/c1-14(12-17(22)15-8-4-3-5-9-15)21-19(23)13-20-16-10-6-7-11-18(16)24-2/h3-11,14,17,20,22H,12-13H2,1-2H3,(H,21,23). The molecule has 0 aliphatic rings. The van der Waals surface area contributed by atoms with E-state index < -0.39 is 6.10 Å². The molecule has 0 radical (unpaired) electrons. The summed E-state index contributed by atoms with van der Waals surface area (Å²) < 4.78 is 5.23. The van der Waals surface area contributed by atoms with Crippen LogP contribution in [0, 0.1) is 0 Å². The number of amides is 1. The fraction of sp³-hybridized carbons (Fsp3) is 0.316. The van der Waals surface area contributed by atoms with E-state index in [0.717, 1.165) is 11.3 Å². The number of ether oxygens (including phenoxy) is 1. The molecule has 0 saturated heterocycles. The van der Waals surface area contributed by atoms with Gasteiger partial charge in [-0.2, -0.15) is 0 Å². The lowest BCUT2D eigenvalue weighted by Gasteiger charge is -2.19. The van der Waals surface area contributed by atoms with Crippen molar-refractivity contribution in [3.05, 3.63) is 60.2 Å². The van der Waals surface area contributed by atoms with Gasteiger partial charge in [0, 0.05) is 6.04 Å². The van der Waals surface area contributed by atoms with E-state index in [2.05, 4.69) is 10.6 Å². The van der Waals surface area contributed by atoms with Crippen LogP contribution < -0.4 is 15.4 Å². The fourth-order valence-electron chi connectivity index (χ4n) is 2.50. The monoisotopic (exact) mass is 328 g/mol. The van der Waals surface area contributed by atoms with E-state index in [9.17, 15) is 9.90 Å². The zero-order valence-corrected chi connectivity index (χ0v) is 14.0. The molecule has 0 aliphatic heterocycles. The van der Waals surface area contributed by atoms with Crippen LogP contribution in [-0.4, -0.2) is 30.7 Å². The molecule has 2 unspecified atom stereocenters. The van der Waals surface area contributed by atoms with E-state index in [1.54, 1.807) is 7.11 Å². The van der Waals surface area contributed by atoms with Crippen LogP contribution >= 0.6 is 0 Å². The Hall–Kier alpha value is -2.53. The summed E-state index contributed by atoms with van der Waals surface area (Å²) in [5, 5.41) is 16.1. The molecule has 2 aromatic rings. The molecule has 0 aromatic heterocycles. The maximum atomic E-state index is 12.0. The summed E-state index contributed by atoms with van der Waals surface area (Å²) in [6, 6.07) is 16.7. The minimum Gasteiger partial charge on any atom is -0.495 e. The van der Waals surface area contributed by atoms with Crippen LogP contribution in [-0.2, 0) is 4.79 Å². The molecule has 0 fully saturated rings. The van der Waals surface area contributed by atoms with Gasteiger partial charge in [0.15, 0.2) is 0 Å². The molecule has 0 heterocycles. The number of aliphatic hydroxyl groups is 1. The first-order valence-corrected chi connectivity index (χ1v) is 7.99. The lowest BCUT2D eigenvalue weighted by Crippen LogP contribution is -2.37. The molecule has 128 valence electrons. The van der Waals surface area contributed by atoms with Gasteiger partial charge in [-0.3, -0.25) is 4.79 Å². The van der Waals surface area contributed by atoms with Crippen LogP contribution in [0.2, 0.25) is 0 Å². The summed E-state index contributed by atoms with van der Waals surface area (Å²) in [7, 11) is 1.59. The van der Waals surface area contributed by atoms with Gasteiger partial charge in [0.25, 0.3) is 0 Å². The second-order valence-corrected chi connectivity index (χ2v) is 5.68. The number of carbonyl (C=O) groups excluding carboxylic acids is 1. The van der Waals surface area contributed by atoms with Crippen LogP contribution in [0.15, 0.2) is 54.6 Å². The average Bonchev–Trinajstić information content (AvgIpc) is 2.60. The van der Waals surface area contributed by atoms with Crippen molar-refractivity contribution >= 4 is 11.6 Å². The van der Waals surface area contributed by atoms with Crippen molar-refractivity contribution < 1.29 is 14.6 Å². The molecule has 1 amide bonds. The van der Waals surface area contributed by atoms with E-state index in [-0.39, 0.29) is 18.5 Å². The Morgan fingerprint density at radius 2 is 1.79 bits per heavy atom. The number of methoxy groups -OCH3 is 1. The maximum Gasteiger partial charge on any atom is 0.239 e. The highest BCUT2D eigenvalue weighted by molar-refractivity contribution is 5.81. The van der Waals surface area contributed by atoms with E-state index in [1.807, 2.05) is 61.5 Å². The van der Waals surface area contributed by atoms with Gasteiger partial charge in [0.2, 0.25) is 5.91 Å². The Balaban J connectivity index is 1.79. The SMILES string of the molecule is COc1ccccc1NCC(=O)NC(C)CC(O)c1ccccc1. The smallest absolute Gasteiger partial charge is 0.239 e. The highest BCUT2D eigenvalue weighted by Gasteiger charge is 2.14. The fourth-order valence-corrected chi connectivity index (χ4v) is 2.50. The van der Waals surface area contributed by atoms with Gasteiger partial charge >= 0.3 is 0 Å². The first-order valence-electron chi connectivity index (χ1n) is 7.99. The van der Waals surface area contributed by atoms with E-state index >= 15 is 0 Å². The van der Waals surface area contributed by atoms with Crippen molar-refractivity contribution in [2.75, 3.05) is 19.0 Å². The summed E-state index contributed by atoms with van der Waals surface area (Å²) in [5.41, 5.74) is 1.62. The van der Waals surface area contributed by atoms with Crippen molar-refractivity contribution in [2.24, 2.45) is 0 Å². The topological polar surface area (TPSA) is 70.6 Å². The Bertz CT molecular complexity index is 646. The zero-order valence-electron chi connectivity index (χ0n) is 14.0. The van der Waals surface area contributed by atoms with Crippen molar-refractivity contribution in [2.45, 2.75) is 25.5 Å². The van der Waals surface area contributed by atoms with Crippen LogP contribution in [0.1, 0.15) is 25.0 Å². The summed E-state index contributed by atoms with van der Waals surface area (Å²) in [4.78, 5) is 12.0. The van der Waals surface area contributed by atoms with Crippen LogP contribution in [0.25, 0.3) is 0 Å². The minimum atomic E-state index is -0.594. The Labute approximate surface area is 142 Å². The summed E-state index contributed by atoms with van der Waals surface area (Å²) >= 11 is 0. The van der Waals surface area contributed by atoms with Gasteiger partial charge in [-0.1, -0.05) is 42.5 Å². The van der Waals surface area contributed by atoms with Crippen molar-refractivity contribution in [3.63, 3.8) is 0 Å². The molecule has 2 aromatic carbocycles. The molecule has 24 heavy (non-hydrogen) atoms. The number of nitrogens with one attached hydrogen (secondary N) is 2. The molecule has 2 atom stereocenters. The van der Waals surface area contributed by atoms with Gasteiger partial charge < -0.3 is 20.5 Å². The first-order chi connectivity index (χ1) is 11.6. The van der Waals surface area contributed by atoms with E-state index in [0.29, 0.717) is 12.2 Å². The molecule has 5 nitrogen and oxygen atoms in total. The van der Waals surface area contributed by atoms with Gasteiger partial charge in [-0.25, -0.2) is 0 Å². The molecule has 3 N–H and O–H groups in total. The van der Waals surface area contributed by atoms with Crippen molar-refractivity contribution in [3.8, 4) is 5.75 Å². The van der Waals surface area contributed by atoms with Crippen molar-refractivity contribution in [1.29, 1.82) is 0 Å². The zero-order chi connectivity index (χ0) is 17.4. The van der Waals surface area contributed by atoms with Gasteiger partial charge in [0.1, 0.15) is 5.75 Å². The Kier molecular flexibility index (Phi) is 6.63. The van der Waals surface area contributed by atoms with Crippen LogP contribution in [0.5, 0.6) is 5.75 Å². The second-order valence-electron chi connectivity index (χ2n) is 5.68. The highest BCUT2D eigenvalue weighted by Crippen LogP contribution is 2.22. The molecular formula is C19H24N2O3. The lowest BCUT2D eigenvalue weighted by atomic mass is 10.0. The Morgan fingerprint density at radius 3 is 2.50 bits per heavy atom. The molecule has 2 rings (SSSR count). The van der Waals surface area contributed by atoms with E-state index in [4.69, 9.17) is 4.74 Å². The third kappa shape index (κ3) is 5.28. The summed E-state index contributed by atoms with van der Waals surface area (Å²) in [6.45, 7) is 2.03. The summed E-state index contributed by atoms with van der Waals surface area (Å²) in [6.07, 6.45) is -0.131. The number of benzene rings is 2. The third-order valence-electron chi connectivity index (χ3n) is 3.71. The first kappa shape index (κ1) is 17.8. The molecular weight excluding hydrogens is 304 g/mol. The quantitative estimate of drug-likeness (QED) is 0.697. The number of rotatable bonds is 8. The molecule has 0 bridgehead atoms. The van der Waals surface area contributed by atoms with Crippen molar-refractivity contribution in [1.82, 2.24) is 5.32 Å².